The summed E-state index contributed by atoms with van der Waals surface area (Å²) < 4.78 is 0. The maximum absolute atomic E-state index is 2.45. The Bertz CT molecular complexity index is 86.1. The van der Waals surface area contributed by atoms with E-state index in [0.29, 0.717) is 0 Å². The summed E-state index contributed by atoms with van der Waals surface area (Å²) in [4.78, 5) is 0. The van der Waals surface area contributed by atoms with Crippen LogP contribution in [0.2, 0.25) is 25.7 Å². The van der Waals surface area contributed by atoms with E-state index in [1.165, 1.54) is 30.4 Å². The minimum atomic E-state index is -0.738. The molecule has 0 unspecified atom stereocenters. The van der Waals surface area contributed by atoms with E-state index in [-0.39, 0.29) is 0 Å². The Kier molecular flexibility index (Phi) is 6.44. The fourth-order valence-corrected chi connectivity index (χ4v) is 4.45. The highest BCUT2D eigenvalue weighted by molar-refractivity contribution is 7.99. The van der Waals surface area contributed by atoms with E-state index in [1.54, 1.807) is 0 Å². The highest BCUT2D eigenvalue weighted by atomic mass is 32.2. The van der Waals surface area contributed by atoms with Crippen molar-refractivity contribution in [2.45, 2.75) is 45.5 Å². The molecule has 2 heteroatoms. The van der Waals surface area contributed by atoms with Crippen molar-refractivity contribution in [3.63, 3.8) is 0 Å². The van der Waals surface area contributed by atoms with Crippen molar-refractivity contribution >= 4 is 19.8 Å². The second-order valence-electron chi connectivity index (χ2n) is 4.28. The van der Waals surface area contributed by atoms with Crippen LogP contribution in [0.25, 0.3) is 0 Å². The first-order valence-corrected chi connectivity index (χ1v) is 9.50. The molecule has 0 fully saturated rings. The normalized spacial score (nSPS) is 12.0. The van der Waals surface area contributed by atoms with Gasteiger partial charge in [0.2, 0.25) is 0 Å². The van der Waals surface area contributed by atoms with E-state index >= 15 is 0 Å². The second kappa shape index (κ2) is 6.12. The summed E-state index contributed by atoms with van der Waals surface area (Å²) in [6, 6.07) is 1.49. The molecule has 0 heterocycles. The van der Waals surface area contributed by atoms with Crippen LogP contribution in [0.15, 0.2) is 0 Å². The topological polar surface area (TPSA) is 0 Å². The Labute approximate surface area is 77.2 Å². The summed E-state index contributed by atoms with van der Waals surface area (Å²) in [6.07, 6.45) is 2.75. The van der Waals surface area contributed by atoms with E-state index in [0.717, 1.165) is 0 Å². The third-order valence-electron chi connectivity index (χ3n) is 1.64. The molecule has 0 aliphatic heterocycles. The Hall–Kier alpha value is 0.567. The number of unbranched alkanes of at least 4 members (excludes halogenated alkanes) is 1. The standard InChI is InChI=1S/C9H22SSi/c1-5-6-7-10-8-9-11(2,3)4/h5-9H2,1-4H3. The van der Waals surface area contributed by atoms with E-state index < -0.39 is 8.07 Å². The predicted octanol–water partition coefficient (Wildman–Crippen LogP) is 3.86. The molecule has 0 aromatic heterocycles. The molecule has 0 atom stereocenters. The lowest BCUT2D eigenvalue weighted by Crippen LogP contribution is -2.19. The molecule has 0 radical (unpaired) electrons. The van der Waals surface area contributed by atoms with Crippen LogP contribution < -0.4 is 0 Å². The number of thioether (sulfide) groups is 1. The number of hydrogen-bond donors (Lipinski definition) is 0. The van der Waals surface area contributed by atoms with Crippen molar-refractivity contribution in [2.24, 2.45) is 0 Å². The van der Waals surface area contributed by atoms with Gasteiger partial charge in [-0.15, -0.1) is 0 Å². The first-order chi connectivity index (χ1) is 5.06. The monoisotopic (exact) mass is 190 g/mol. The van der Waals surface area contributed by atoms with Gasteiger partial charge in [-0.1, -0.05) is 33.0 Å². The molecular weight excluding hydrogens is 168 g/mol. The molecule has 0 rings (SSSR count). The first kappa shape index (κ1) is 11.6. The Balaban J connectivity index is 3.02. The van der Waals surface area contributed by atoms with Gasteiger partial charge >= 0.3 is 0 Å². The Morgan fingerprint density at radius 2 is 1.73 bits per heavy atom. The van der Waals surface area contributed by atoms with Crippen LogP contribution >= 0.6 is 11.8 Å². The van der Waals surface area contributed by atoms with Gasteiger partial charge in [-0.2, -0.15) is 11.8 Å². The minimum Gasteiger partial charge on any atom is -0.162 e. The lowest BCUT2D eigenvalue weighted by Gasteiger charge is -2.14. The first-order valence-electron chi connectivity index (χ1n) is 4.64. The van der Waals surface area contributed by atoms with Crippen LogP contribution in [0, 0.1) is 0 Å². The fraction of sp³-hybridized carbons (Fsp3) is 1.00. The molecule has 68 valence electrons. The molecule has 0 nitrogen and oxygen atoms in total. The highest BCUT2D eigenvalue weighted by Gasteiger charge is 2.11. The average molecular weight is 190 g/mol. The second-order valence-corrected chi connectivity index (χ2v) is 11.1. The molecule has 11 heavy (non-hydrogen) atoms. The zero-order valence-electron chi connectivity index (χ0n) is 8.44. The van der Waals surface area contributed by atoms with Gasteiger partial charge in [0, 0.05) is 8.07 Å². The highest BCUT2D eigenvalue weighted by Crippen LogP contribution is 2.14. The largest absolute Gasteiger partial charge is 0.162 e. The molecule has 0 aromatic rings. The summed E-state index contributed by atoms with van der Waals surface area (Å²) in [5, 5.41) is 0. The molecule has 0 saturated carbocycles. The van der Waals surface area contributed by atoms with Crippen LogP contribution in [-0.2, 0) is 0 Å². The molecule has 0 aromatic carbocycles. The van der Waals surface area contributed by atoms with Crippen LogP contribution in [0.3, 0.4) is 0 Å². The molecule has 0 spiro atoms. The van der Waals surface area contributed by atoms with Crippen molar-refractivity contribution in [1.82, 2.24) is 0 Å². The summed E-state index contributed by atoms with van der Waals surface area (Å²) in [6.45, 7) is 9.62. The fourth-order valence-electron chi connectivity index (χ4n) is 0.727. The van der Waals surface area contributed by atoms with Gasteiger partial charge in [0.15, 0.2) is 0 Å². The molecule has 0 aliphatic carbocycles. The lowest BCUT2D eigenvalue weighted by atomic mass is 10.4. The third kappa shape index (κ3) is 10.6. The number of rotatable bonds is 6. The molecule has 0 aliphatic rings. The van der Waals surface area contributed by atoms with Crippen molar-refractivity contribution in [3.05, 3.63) is 0 Å². The average Bonchev–Trinajstić information content (AvgIpc) is 1.85. The Morgan fingerprint density at radius 1 is 1.09 bits per heavy atom. The zero-order chi connectivity index (χ0) is 8.74. The van der Waals surface area contributed by atoms with E-state index in [1.807, 2.05) is 0 Å². The summed E-state index contributed by atoms with van der Waals surface area (Å²) in [7, 11) is -0.738. The van der Waals surface area contributed by atoms with Gasteiger partial charge in [0.25, 0.3) is 0 Å². The van der Waals surface area contributed by atoms with Gasteiger partial charge in [-0.05, 0) is 24.0 Å². The predicted molar refractivity (Wildman–Crippen MR) is 60.4 cm³/mol. The molecule has 0 saturated heterocycles. The molecular formula is C9H22SSi. The van der Waals surface area contributed by atoms with Gasteiger partial charge in [0.1, 0.15) is 0 Å². The van der Waals surface area contributed by atoms with Crippen molar-refractivity contribution in [2.75, 3.05) is 11.5 Å². The van der Waals surface area contributed by atoms with E-state index in [2.05, 4.69) is 38.3 Å². The summed E-state index contributed by atoms with van der Waals surface area (Å²) >= 11 is 2.14. The smallest absolute Gasteiger partial charge is 0.0450 e. The van der Waals surface area contributed by atoms with E-state index in [4.69, 9.17) is 0 Å². The van der Waals surface area contributed by atoms with Gasteiger partial charge in [-0.3, -0.25) is 0 Å². The minimum absolute atomic E-state index is 0.738. The molecule has 0 bridgehead atoms. The van der Waals surface area contributed by atoms with Gasteiger partial charge in [-0.25, -0.2) is 0 Å². The van der Waals surface area contributed by atoms with Crippen LogP contribution in [0.5, 0.6) is 0 Å². The van der Waals surface area contributed by atoms with Crippen LogP contribution in [0.4, 0.5) is 0 Å². The molecule has 0 amide bonds. The van der Waals surface area contributed by atoms with Crippen molar-refractivity contribution in [1.29, 1.82) is 0 Å². The summed E-state index contributed by atoms with van der Waals surface area (Å²) in [5.74, 6) is 2.77. The molecule has 0 N–H and O–H groups in total. The van der Waals surface area contributed by atoms with Crippen LogP contribution in [-0.4, -0.2) is 19.6 Å². The quantitative estimate of drug-likeness (QED) is 0.453. The van der Waals surface area contributed by atoms with Gasteiger partial charge in [0.05, 0.1) is 0 Å². The summed E-state index contributed by atoms with van der Waals surface area (Å²) in [5.41, 5.74) is 0. The van der Waals surface area contributed by atoms with Gasteiger partial charge < -0.3 is 0 Å². The lowest BCUT2D eigenvalue weighted by molar-refractivity contribution is 0.896. The number of hydrogen-bond acceptors (Lipinski definition) is 1. The maximum atomic E-state index is 2.45. The van der Waals surface area contributed by atoms with E-state index in [9.17, 15) is 0 Å². The Morgan fingerprint density at radius 3 is 2.18 bits per heavy atom. The maximum Gasteiger partial charge on any atom is 0.0450 e. The SMILES string of the molecule is CCCCSCC[Si](C)(C)C. The van der Waals surface area contributed by atoms with Crippen molar-refractivity contribution in [3.8, 4) is 0 Å². The zero-order valence-corrected chi connectivity index (χ0v) is 10.3. The third-order valence-corrected chi connectivity index (χ3v) is 4.82. The van der Waals surface area contributed by atoms with Crippen LogP contribution in [0.1, 0.15) is 19.8 Å². The van der Waals surface area contributed by atoms with Crippen molar-refractivity contribution < 1.29 is 0 Å².